The van der Waals surface area contributed by atoms with Crippen molar-refractivity contribution in [2.75, 3.05) is 0 Å². The third-order valence-electron chi connectivity index (χ3n) is 2.65. The molecule has 1 aromatic carbocycles. The van der Waals surface area contributed by atoms with Crippen LogP contribution in [0, 0.1) is 0 Å². The fraction of sp³-hybridized carbons (Fsp3) is 0.0714. The number of amides is 1. The summed E-state index contributed by atoms with van der Waals surface area (Å²) in [6.45, 7) is 0.239. The van der Waals surface area contributed by atoms with Crippen LogP contribution < -0.4 is 5.32 Å². The normalized spacial score (nSPS) is 10.0. The summed E-state index contributed by atoms with van der Waals surface area (Å²) in [7, 11) is 0. The van der Waals surface area contributed by atoms with E-state index in [9.17, 15) is 14.7 Å². The van der Waals surface area contributed by atoms with Crippen LogP contribution in [-0.4, -0.2) is 27.1 Å². The van der Waals surface area contributed by atoms with E-state index in [0.29, 0.717) is 5.69 Å². The van der Waals surface area contributed by atoms with E-state index in [4.69, 9.17) is 5.11 Å². The van der Waals surface area contributed by atoms with Crippen LogP contribution in [0.25, 0.3) is 0 Å². The molecule has 0 saturated heterocycles. The van der Waals surface area contributed by atoms with Gasteiger partial charge in [0.25, 0.3) is 5.91 Å². The summed E-state index contributed by atoms with van der Waals surface area (Å²) in [6, 6.07) is 9.00. The largest absolute Gasteiger partial charge is 0.507 e. The number of pyridine rings is 1. The van der Waals surface area contributed by atoms with Gasteiger partial charge in [-0.3, -0.25) is 9.78 Å². The van der Waals surface area contributed by atoms with Crippen LogP contribution in [0.3, 0.4) is 0 Å². The van der Waals surface area contributed by atoms with Gasteiger partial charge in [0.1, 0.15) is 11.3 Å². The van der Waals surface area contributed by atoms with Crippen LogP contribution in [0.1, 0.15) is 26.4 Å². The van der Waals surface area contributed by atoms with E-state index in [1.807, 2.05) is 0 Å². The number of rotatable bonds is 4. The van der Waals surface area contributed by atoms with Gasteiger partial charge in [-0.05, 0) is 30.3 Å². The van der Waals surface area contributed by atoms with Crippen LogP contribution in [0.2, 0.25) is 0 Å². The molecule has 0 radical (unpaired) electrons. The number of benzene rings is 1. The average Bonchev–Trinajstić information content (AvgIpc) is 2.46. The molecule has 0 unspecified atom stereocenters. The number of aromatic hydroxyl groups is 1. The minimum absolute atomic E-state index is 0.163. The van der Waals surface area contributed by atoms with Crippen molar-refractivity contribution in [1.29, 1.82) is 0 Å². The van der Waals surface area contributed by atoms with Crippen molar-refractivity contribution < 1.29 is 19.8 Å². The van der Waals surface area contributed by atoms with E-state index in [2.05, 4.69) is 10.3 Å². The zero-order valence-electron chi connectivity index (χ0n) is 10.4. The fourth-order valence-electron chi connectivity index (χ4n) is 1.62. The Kier molecular flexibility index (Phi) is 3.95. The van der Waals surface area contributed by atoms with Crippen LogP contribution >= 0.6 is 0 Å². The van der Waals surface area contributed by atoms with Gasteiger partial charge in [0.05, 0.1) is 12.2 Å². The summed E-state index contributed by atoms with van der Waals surface area (Å²) < 4.78 is 0. The molecule has 20 heavy (non-hydrogen) atoms. The number of carboxylic acids is 1. The predicted molar refractivity (Wildman–Crippen MR) is 70.5 cm³/mol. The molecule has 0 aliphatic carbocycles. The topological polar surface area (TPSA) is 99.5 Å². The maximum Gasteiger partial charge on any atom is 0.339 e. The van der Waals surface area contributed by atoms with Gasteiger partial charge in [-0.15, -0.1) is 0 Å². The monoisotopic (exact) mass is 272 g/mol. The molecule has 2 rings (SSSR count). The van der Waals surface area contributed by atoms with Crippen LogP contribution in [0.15, 0.2) is 42.6 Å². The second-order valence-electron chi connectivity index (χ2n) is 4.04. The molecule has 1 amide bonds. The molecule has 0 aliphatic rings. The third kappa shape index (κ3) is 3.11. The Morgan fingerprint density at radius 2 is 2.00 bits per heavy atom. The first kappa shape index (κ1) is 13.5. The number of nitrogens with zero attached hydrogens (tertiary/aromatic N) is 1. The first-order valence-corrected chi connectivity index (χ1v) is 5.82. The lowest BCUT2D eigenvalue weighted by atomic mass is 10.1. The van der Waals surface area contributed by atoms with Gasteiger partial charge in [0.2, 0.25) is 0 Å². The number of carbonyl (C=O) groups is 2. The Hall–Kier alpha value is -2.89. The number of carbonyl (C=O) groups excluding carboxylic acids is 1. The van der Waals surface area contributed by atoms with Crippen molar-refractivity contribution in [2.45, 2.75) is 6.54 Å². The Bertz CT molecular complexity index is 641. The molecular formula is C14H12N2O4. The minimum Gasteiger partial charge on any atom is -0.507 e. The molecule has 102 valence electrons. The third-order valence-corrected chi connectivity index (χ3v) is 2.65. The van der Waals surface area contributed by atoms with Crippen molar-refractivity contribution in [3.8, 4) is 5.75 Å². The highest BCUT2D eigenvalue weighted by Gasteiger charge is 2.13. The highest BCUT2D eigenvalue weighted by atomic mass is 16.4. The molecule has 1 heterocycles. The summed E-state index contributed by atoms with van der Waals surface area (Å²) in [5.74, 6) is -2.10. The maximum atomic E-state index is 11.9. The van der Waals surface area contributed by atoms with Crippen LogP contribution in [-0.2, 0) is 6.54 Å². The second-order valence-corrected chi connectivity index (χ2v) is 4.04. The lowest BCUT2D eigenvalue weighted by Crippen LogP contribution is -2.23. The van der Waals surface area contributed by atoms with Crippen molar-refractivity contribution in [2.24, 2.45) is 0 Å². The Morgan fingerprint density at radius 1 is 1.20 bits per heavy atom. The average molecular weight is 272 g/mol. The van der Waals surface area contributed by atoms with Crippen molar-refractivity contribution in [1.82, 2.24) is 10.3 Å². The molecule has 0 aliphatic heterocycles. The van der Waals surface area contributed by atoms with Gasteiger partial charge in [0, 0.05) is 11.8 Å². The predicted octanol–water partition coefficient (Wildman–Crippen LogP) is 1.42. The molecule has 0 atom stereocenters. The molecule has 6 heteroatoms. The van der Waals surface area contributed by atoms with Gasteiger partial charge in [-0.1, -0.05) is 6.07 Å². The molecule has 0 bridgehead atoms. The van der Waals surface area contributed by atoms with E-state index >= 15 is 0 Å². The van der Waals surface area contributed by atoms with Gasteiger partial charge in [0.15, 0.2) is 0 Å². The van der Waals surface area contributed by atoms with Gasteiger partial charge >= 0.3 is 5.97 Å². The summed E-state index contributed by atoms with van der Waals surface area (Å²) in [6.07, 6.45) is 1.62. The highest BCUT2D eigenvalue weighted by molar-refractivity contribution is 5.98. The minimum atomic E-state index is -1.29. The number of nitrogens with one attached hydrogen (secondary N) is 1. The first-order chi connectivity index (χ1) is 9.58. The highest BCUT2D eigenvalue weighted by Crippen LogP contribution is 2.18. The maximum absolute atomic E-state index is 11.9. The van der Waals surface area contributed by atoms with Crippen molar-refractivity contribution in [3.05, 3.63) is 59.4 Å². The lowest BCUT2D eigenvalue weighted by Gasteiger charge is -2.06. The van der Waals surface area contributed by atoms with Gasteiger partial charge in [-0.2, -0.15) is 0 Å². The zero-order chi connectivity index (χ0) is 14.5. The summed E-state index contributed by atoms with van der Waals surface area (Å²) in [5.41, 5.74) is 0.546. The molecule has 0 fully saturated rings. The molecule has 1 aromatic heterocycles. The van der Waals surface area contributed by atoms with Gasteiger partial charge in [-0.25, -0.2) is 4.79 Å². The number of carboxylic acid groups (broad SMARTS) is 1. The molecule has 0 spiro atoms. The standard InChI is InChI=1S/C14H12N2O4/c17-12-5-4-9(7-11(12)14(19)20)13(18)16-8-10-3-1-2-6-15-10/h1-7,17H,8H2,(H,16,18)(H,19,20). The Labute approximate surface area is 114 Å². The van der Waals surface area contributed by atoms with Crippen LogP contribution in [0.5, 0.6) is 5.75 Å². The molecular weight excluding hydrogens is 260 g/mol. The number of hydrogen-bond donors (Lipinski definition) is 3. The number of aromatic nitrogens is 1. The molecule has 2 aromatic rings. The van der Waals surface area contributed by atoms with E-state index in [1.165, 1.54) is 12.1 Å². The first-order valence-electron chi connectivity index (χ1n) is 5.82. The summed E-state index contributed by atoms with van der Waals surface area (Å²) >= 11 is 0. The SMILES string of the molecule is O=C(NCc1ccccn1)c1ccc(O)c(C(=O)O)c1. The summed E-state index contributed by atoms with van der Waals surface area (Å²) in [5, 5.41) is 20.9. The van der Waals surface area contributed by atoms with E-state index in [-0.39, 0.29) is 23.4 Å². The number of hydrogen-bond acceptors (Lipinski definition) is 4. The Balaban J connectivity index is 2.10. The smallest absolute Gasteiger partial charge is 0.339 e. The molecule has 3 N–H and O–H groups in total. The quantitative estimate of drug-likeness (QED) is 0.781. The van der Waals surface area contributed by atoms with Crippen molar-refractivity contribution >= 4 is 11.9 Å². The molecule has 0 saturated carbocycles. The van der Waals surface area contributed by atoms with Gasteiger partial charge < -0.3 is 15.5 Å². The van der Waals surface area contributed by atoms with E-state index in [0.717, 1.165) is 6.07 Å². The molecule has 6 nitrogen and oxygen atoms in total. The summed E-state index contributed by atoms with van der Waals surface area (Å²) in [4.78, 5) is 26.8. The fourth-order valence-corrected chi connectivity index (χ4v) is 1.62. The van der Waals surface area contributed by atoms with E-state index in [1.54, 1.807) is 24.4 Å². The van der Waals surface area contributed by atoms with E-state index < -0.39 is 11.9 Å². The van der Waals surface area contributed by atoms with Crippen molar-refractivity contribution in [3.63, 3.8) is 0 Å². The van der Waals surface area contributed by atoms with Crippen LogP contribution in [0.4, 0.5) is 0 Å². The Morgan fingerprint density at radius 3 is 2.65 bits per heavy atom. The lowest BCUT2D eigenvalue weighted by molar-refractivity contribution is 0.0693. The number of aromatic carboxylic acids is 1. The zero-order valence-corrected chi connectivity index (χ0v) is 10.4. The second kappa shape index (κ2) is 5.83. The number of phenols is 1.